The van der Waals surface area contributed by atoms with Gasteiger partial charge in [0.15, 0.2) is 0 Å². The number of hydrogen-bond donors (Lipinski definition) is 1. The molecule has 1 aliphatic carbocycles. The van der Waals surface area contributed by atoms with Crippen molar-refractivity contribution < 1.29 is 0 Å². The summed E-state index contributed by atoms with van der Waals surface area (Å²) in [7, 11) is 2.02. The lowest BCUT2D eigenvalue weighted by molar-refractivity contribution is 0.498. The molecule has 72 valence electrons. The van der Waals surface area contributed by atoms with Gasteiger partial charge in [0.25, 0.3) is 0 Å². The van der Waals surface area contributed by atoms with Crippen molar-refractivity contribution >= 4 is 11.3 Å². The summed E-state index contributed by atoms with van der Waals surface area (Å²) < 4.78 is 0. The topological polar surface area (TPSA) is 24.9 Å². The van der Waals surface area contributed by atoms with Crippen LogP contribution in [0.4, 0.5) is 0 Å². The van der Waals surface area contributed by atoms with E-state index < -0.39 is 0 Å². The average Bonchev–Trinajstić information content (AvgIpc) is 2.81. The van der Waals surface area contributed by atoms with E-state index in [1.807, 2.05) is 12.6 Å². The Morgan fingerprint density at radius 2 is 2.54 bits per heavy atom. The third-order valence-corrected chi connectivity index (χ3v) is 3.32. The lowest BCUT2D eigenvalue weighted by atomic mass is 10.1. The van der Waals surface area contributed by atoms with E-state index >= 15 is 0 Å². The molecule has 1 fully saturated rings. The minimum atomic E-state index is 0.479. The van der Waals surface area contributed by atoms with Crippen LogP contribution in [0.1, 0.15) is 37.4 Å². The van der Waals surface area contributed by atoms with E-state index in [1.165, 1.54) is 31.4 Å². The van der Waals surface area contributed by atoms with E-state index in [0.717, 1.165) is 5.92 Å². The van der Waals surface area contributed by atoms with Gasteiger partial charge >= 0.3 is 0 Å². The van der Waals surface area contributed by atoms with Gasteiger partial charge in [-0.1, -0.05) is 12.8 Å². The molecule has 2 rings (SSSR count). The Hall–Kier alpha value is -0.410. The summed E-state index contributed by atoms with van der Waals surface area (Å²) in [5.74, 6) is 1.02. The Morgan fingerprint density at radius 3 is 3.08 bits per heavy atom. The van der Waals surface area contributed by atoms with Gasteiger partial charge in [-0.2, -0.15) is 0 Å². The molecule has 1 unspecified atom stereocenters. The highest BCUT2D eigenvalue weighted by Gasteiger charge is 2.22. The fraction of sp³-hybridized carbons (Fsp3) is 0.700. The van der Waals surface area contributed by atoms with E-state index in [2.05, 4.69) is 15.7 Å². The molecule has 3 heteroatoms. The first-order valence-electron chi connectivity index (χ1n) is 4.95. The monoisotopic (exact) mass is 196 g/mol. The minimum absolute atomic E-state index is 0.479. The van der Waals surface area contributed by atoms with Crippen molar-refractivity contribution in [3.05, 3.63) is 16.6 Å². The van der Waals surface area contributed by atoms with Crippen LogP contribution in [-0.2, 0) is 0 Å². The fourth-order valence-corrected chi connectivity index (χ4v) is 2.25. The van der Waals surface area contributed by atoms with Gasteiger partial charge in [-0.15, -0.1) is 11.3 Å². The molecule has 0 amide bonds. The second kappa shape index (κ2) is 4.20. The molecule has 1 aromatic heterocycles. The highest BCUT2D eigenvalue weighted by molar-refractivity contribution is 7.07. The number of hydrogen-bond acceptors (Lipinski definition) is 3. The molecule has 1 aliphatic rings. The zero-order chi connectivity index (χ0) is 9.10. The molecule has 1 aromatic rings. The lowest BCUT2D eigenvalue weighted by Crippen LogP contribution is -2.16. The van der Waals surface area contributed by atoms with Crippen molar-refractivity contribution in [3.63, 3.8) is 0 Å². The average molecular weight is 196 g/mol. The summed E-state index contributed by atoms with van der Waals surface area (Å²) in [5.41, 5.74) is 3.13. The molecule has 0 aromatic carbocycles. The first kappa shape index (κ1) is 9.16. The van der Waals surface area contributed by atoms with Crippen molar-refractivity contribution in [1.82, 2.24) is 10.3 Å². The Balaban J connectivity index is 1.85. The van der Waals surface area contributed by atoms with E-state index in [4.69, 9.17) is 0 Å². The third-order valence-electron chi connectivity index (χ3n) is 2.72. The summed E-state index contributed by atoms with van der Waals surface area (Å²) >= 11 is 1.68. The second-order valence-corrected chi connectivity index (χ2v) is 4.49. The predicted molar refractivity (Wildman–Crippen MR) is 55.9 cm³/mol. The SMILES string of the molecule is CNC(CCC1CC1)c1cscn1. The summed E-state index contributed by atoms with van der Waals surface area (Å²) in [4.78, 5) is 4.34. The van der Waals surface area contributed by atoms with Crippen molar-refractivity contribution in [3.8, 4) is 0 Å². The molecule has 0 radical (unpaired) electrons. The molecule has 13 heavy (non-hydrogen) atoms. The van der Waals surface area contributed by atoms with Crippen LogP contribution in [0.25, 0.3) is 0 Å². The molecule has 1 N–H and O–H groups in total. The molecule has 1 saturated carbocycles. The van der Waals surface area contributed by atoms with Crippen molar-refractivity contribution in [2.24, 2.45) is 5.92 Å². The number of rotatable bonds is 5. The Kier molecular flexibility index (Phi) is 2.96. The van der Waals surface area contributed by atoms with Gasteiger partial charge in [0.1, 0.15) is 0 Å². The second-order valence-electron chi connectivity index (χ2n) is 3.78. The maximum atomic E-state index is 4.34. The Morgan fingerprint density at radius 1 is 1.69 bits per heavy atom. The summed E-state index contributed by atoms with van der Waals surface area (Å²) in [5, 5.41) is 5.48. The van der Waals surface area contributed by atoms with E-state index in [-0.39, 0.29) is 0 Å². The maximum absolute atomic E-state index is 4.34. The zero-order valence-electron chi connectivity index (χ0n) is 7.99. The first-order valence-corrected chi connectivity index (χ1v) is 5.90. The van der Waals surface area contributed by atoms with Gasteiger partial charge < -0.3 is 5.32 Å². The maximum Gasteiger partial charge on any atom is 0.0795 e. The summed E-state index contributed by atoms with van der Waals surface area (Å²) in [6, 6.07) is 0.479. The summed E-state index contributed by atoms with van der Waals surface area (Å²) in [6.45, 7) is 0. The number of aromatic nitrogens is 1. The van der Waals surface area contributed by atoms with E-state index in [9.17, 15) is 0 Å². The number of nitrogens with one attached hydrogen (secondary N) is 1. The van der Waals surface area contributed by atoms with Crippen LogP contribution in [0.3, 0.4) is 0 Å². The van der Waals surface area contributed by atoms with E-state index in [1.54, 1.807) is 11.3 Å². The third kappa shape index (κ3) is 2.51. The minimum Gasteiger partial charge on any atom is -0.312 e. The van der Waals surface area contributed by atoms with Crippen LogP contribution < -0.4 is 5.32 Å². The van der Waals surface area contributed by atoms with Gasteiger partial charge in [-0.25, -0.2) is 4.98 Å². The molecular formula is C10H16N2S. The Labute approximate surface area is 83.4 Å². The molecule has 2 nitrogen and oxygen atoms in total. The Bertz CT molecular complexity index is 241. The number of nitrogens with zero attached hydrogens (tertiary/aromatic N) is 1. The fourth-order valence-electron chi connectivity index (χ4n) is 1.64. The van der Waals surface area contributed by atoms with Crippen molar-refractivity contribution in [1.29, 1.82) is 0 Å². The lowest BCUT2D eigenvalue weighted by Gasteiger charge is -2.12. The first-order chi connectivity index (χ1) is 6.40. The molecule has 0 aliphatic heterocycles. The van der Waals surface area contributed by atoms with Crippen molar-refractivity contribution in [2.45, 2.75) is 31.7 Å². The quantitative estimate of drug-likeness (QED) is 0.783. The van der Waals surface area contributed by atoms with Gasteiger partial charge in [0.05, 0.1) is 17.2 Å². The molecule has 1 heterocycles. The van der Waals surface area contributed by atoms with Crippen LogP contribution in [-0.4, -0.2) is 12.0 Å². The predicted octanol–water partition coefficient (Wildman–Crippen LogP) is 2.59. The molecule has 1 atom stereocenters. The van der Waals surface area contributed by atoms with Crippen LogP contribution in [0.5, 0.6) is 0 Å². The van der Waals surface area contributed by atoms with Gasteiger partial charge in [-0.05, 0) is 25.8 Å². The normalized spacial score (nSPS) is 18.8. The molecule has 0 spiro atoms. The smallest absolute Gasteiger partial charge is 0.0795 e. The van der Waals surface area contributed by atoms with Crippen LogP contribution in [0, 0.1) is 5.92 Å². The zero-order valence-corrected chi connectivity index (χ0v) is 8.81. The van der Waals surface area contributed by atoms with E-state index in [0.29, 0.717) is 6.04 Å². The molecule has 0 saturated heterocycles. The van der Waals surface area contributed by atoms with Gasteiger partial charge in [-0.3, -0.25) is 0 Å². The number of thiazole rings is 1. The van der Waals surface area contributed by atoms with Crippen LogP contribution >= 0.6 is 11.3 Å². The largest absolute Gasteiger partial charge is 0.312 e. The van der Waals surface area contributed by atoms with Gasteiger partial charge in [0, 0.05) is 5.38 Å². The highest BCUT2D eigenvalue weighted by atomic mass is 32.1. The highest BCUT2D eigenvalue weighted by Crippen LogP contribution is 2.35. The van der Waals surface area contributed by atoms with Gasteiger partial charge in [0.2, 0.25) is 0 Å². The molecular weight excluding hydrogens is 180 g/mol. The standard InChI is InChI=1S/C10H16N2S/c1-11-9(5-4-8-2-3-8)10-6-13-7-12-10/h6-9,11H,2-5H2,1H3. The summed E-state index contributed by atoms with van der Waals surface area (Å²) in [6.07, 6.45) is 5.51. The molecule has 0 bridgehead atoms. The van der Waals surface area contributed by atoms with Crippen molar-refractivity contribution in [2.75, 3.05) is 7.05 Å². The van der Waals surface area contributed by atoms with Crippen LogP contribution in [0.2, 0.25) is 0 Å². The van der Waals surface area contributed by atoms with Crippen LogP contribution in [0.15, 0.2) is 10.9 Å².